The van der Waals surface area contributed by atoms with Crippen molar-refractivity contribution in [1.29, 1.82) is 0 Å². The van der Waals surface area contributed by atoms with Gasteiger partial charge in [0.05, 0.1) is 19.8 Å². The molecule has 0 aliphatic carbocycles. The van der Waals surface area contributed by atoms with Crippen LogP contribution in [0.2, 0.25) is 0 Å². The number of carbonyl (C=O) groups excluding carboxylic acids is 1. The Morgan fingerprint density at radius 3 is 2.45 bits per heavy atom. The highest BCUT2D eigenvalue weighted by molar-refractivity contribution is 9.10. The highest BCUT2D eigenvalue weighted by Crippen LogP contribution is 2.37. The molecule has 0 amide bonds. The largest absolute Gasteiger partial charge is 0.506 e. The summed E-state index contributed by atoms with van der Waals surface area (Å²) in [7, 11) is 2.87. The van der Waals surface area contributed by atoms with E-state index >= 15 is 0 Å². The topological polar surface area (TPSA) is 55.8 Å². The van der Waals surface area contributed by atoms with Gasteiger partial charge >= 0.3 is 5.97 Å². The number of aromatic hydroxyl groups is 1. The van der Waals surface area contributed by atoms with E-state index in [4.69, 9.17) is 9.47 Å². The fraction of sp³-hybridized carbons (Fsp3) is 0.118. The lowest BCUT2D eigenvalue weighted by Gasteiger charge is -2.07. The third-order valence-corrected chi connectivity index (χ3v) is 3.91. The fourth-order valence-electron chi connectivity index (χ4n) is 1.97. The van der Waals surface area contributed by atoms with Crippen molar-refractivity contribution in [3.63, 3.8) is 0 Å². The Labute approximate surface area is 137 Å². The van der Waals surface area contributed by atoms with Crippen molar-refractivity contribution in [3.8, 4) is 11.5 Å². The van der Waals surface area contributed by atoms with Crippen molar-refractivity contribution in [2.75, 3.05) is 14.2 Å². The van der Waals surface area contributed by atoms with Gasteiger partial charge in [0.1, 0.15) is 16.0 Å². The molecule has 0 heterocycles. The van der Waals surface area contributed by atoms with E-state index in [2.05, 4.69) is 15.9 Å². The average molecular weight is 363 g/mol. The lowest BCUT2D eigenvalue weighted by molar-refractivity contribution is 0.0600. The number of phenols is 1. The molecule has 0 saturated carbocycles. The molecular formula is C17H15BrO4. The van der Waals surface area contributed by atoms with Crippen LogP contribution in [0.3, 0.4) is 0 Å². The van der Waals surface area contributed by atoms with Gasteiger partial charge in [0.25, 0.3) is 0 Å². The standard InChI is InChI=1S/C17H15BrO4/c1-21-14-10-9-12(16(19)15(14)18)8-7-11-5-3-4-6-13(11)17(20)22-2/h3-10,19H,1-2H3. The number of phenolic OH excluding ortho intramolecular Hbond substituents is 1. The van der Waals surface area contributed by atoms with Gasteiger partial charge in [0.2, 0.25) is 0 Å². The summed E-state index contributed by atoms with van der Waals surface area (Å²) in [6.45, 7) is 0. The number of carbonyl (C=O) groups is 1. The molecule has 5 heteroatoms. The minimum atomic E-state index is -0.402. The van der Waals surface area contributed by atoms with Crippen LogP contribution in [0.15, 0.2) is 40.9 Å². The van der Waals surface area contributed by atoms with Crippen LogP contribution in [0.5, 0.6) is 11.5 Å². The van der Waals surface area contributed by atoms with E-state index in [1.165, 1.54) is 14.2 Å². The molecule has 0 aliphatic rings. The number of hydrogen-bond acceptors (Lipinski definition) is 4. The summed E-state index contributed by atoms with van der Waals surface area (Å²) in [6.07, 6.45) is 3.47. The van der Waals surface area contributed by atoms with Crippen molar-refractivity contribution in [2.24, 2.45) is 0 Å². The molecule has 1 N–H and O–H groups in total. The van der Waals surface area contributed by atoms with Gasteiger partial charge in [-0.1, -0.05) is 30.4 Å². The van der Waals surface area contributed by atoms with E-state index in [0.29, 0.717) is 26.9 Å². The number of esters is 1. The molecule has 0 bridgehead atoms. The highest BCUT2D eigenvalue weighted by atomic mass is 79.9. The number of halogens is 1. The lowest BCUT2D eigenvalue weighted by atomic mass is 10.1. The molecular weight excluding hydrogens is 348 g/mol. The summed E-state index contributed by atoms with van der Waals surface area (Å²) in [5.41, 5.74) is 1.78. The van der Waals surface area contributed by atoms with Gasteiger partial charge < -0.3 is 14.6 Å². The Bertz CT molecular complexity index is 723. The summed E-state index contributed by atoms with van der Waals surface area (Å²) in [4.78, 5) is 11.7. The summed E-state index contributed by atoms with van der Waals surface area (Å²) >= 11 is 3.28. The first-order valence-corrected chi connectivity index (χ1v) is 7.28. The Morgan fingerprint density at radius 1 is 1.09 bits per heavy atom. The van der Waals surface area contributed by atoms with Crippen LogP contribution in [0.1, 0.15) is 21.5 Å². The quantitative estimate of drug-likeness (QED) is 0.656. The van der Waals surface area contributed by atoms with Crippen molar-refractivity contribution >= 4 is 34.1 Å². The van der Waals surface area contributed by atoms with E-state index in [9.17, 15) is 9.90 Å². The van der Waals surface area contributed by atoms with E-state index in [-0.39, 0.29) is 5.75 Å². The maximum atomic E-state index is 11.7. The number of hydrogen-bond donors (Lipinski definition) is 1. The Kier molecular flexibility index (Phi) is 5.22. The van der Waals surface area contributed by atoms with E-state index in [1.54, 1.807) is 42.5 Å². The number of rotatable bonds is 4. The van der Waals surface area contributed by atoms with Crippen LogP contribution in [0.4, 0.5) is 0 Å². The normalized spacial score (nSPS) is 10.7. The fourth-order valence-corrected chi connectivity index (χ4v) is 2.49. The maximum Gasteiger partial charge on any atom is 0.338 e. The number of ether oxygens (including phenoxy) is 2. The predicted octanol–water partition coefficient (Wildman–Crippen LogP) is 4.12. The van der Waals surface area contributed by atoms with Crippen molar-refractivity contribution < 1.29 is 19.4 Å². The van der Waals surface area contributed by atoms with Crippen LogP contribution in [-0.2, 0) is 4.74 Å². The first-order chi connectivity index (χ1) is 10.6. The van der Waals surface area contributed by atoms with Crippen molar-refractivity contribution in [1.82, 2.24) is 0 Å². The first-order valence-electron chi connectivity index (χ1n) is 6.49. The molecule has 0 atom stereocenters. The van der Waals surface area contributed by atoms with Crippen LogP contribution < -0.4 is 4.74 Å². The molecule has 2 rings (SSSR count). The molecule has 2 aromatic rings. The van der Waals surface area contributed by atoms with Gasteiger partial charge in [-0.15, -0.1) is 0 Å². The van der Waals surface area contributed by atoms with Crippen LogP contribution in [0.25, 0.3) is 12.2 Å². The second kappa shape index (κ2) is 7.13. The van der Waals surface area contributed by atoms with E-state index < -0.39 is 5.97 Å². The van der Waals surface area contributed by atoms with Crippen molar-refractivity contribution in [2.45, 2.75) is 0 Å². The molecule has 0 aliphatic heterocycles. The van der Waals surface area contributed by atoms with E-state index in [0.717, 1.165) is 0 Å². The minimum Gasteiger partial charge on any atom is -0.506 e. The monoisotopic (exact) mass is 362 g/mol. The van der Waals surface area contributed by atoms with Gasteiger partial charge in [-0.05, 0) is 39.7 Å². The summed E-state index contributed by atoms with van der Waals surface area (Å²) < 4.78 is 10.4. The minimum absolute atomic E-state index is 0.0751. The Hall–Kier alpha value is -2.27. The molecule has 0 spiro atoms. The zero-order valence-corrected chi connectivity index (χ0v) is 13.8. The SMILES string of the molecule is COC(=O)c1ccccc1C=Cc1ccc(OC)c(Br)c1O. The number of methoxy groups -OCH3 is 2. The molecule has 0 saturated heterocycles. The molecule has 0 unspecified atom stereocenters. The summed E-state index contributed by atoms with van der Waals surface area (Å²) in [6, 6.07) is 10.6. The van der Waals surface area contributed by atoms with E-state index in [1.807, 2.05) is 6.07 Å². The molecule has 0 aromatic heterocycles. The third kappa shape index (κ3) is 3.31. The summed E-state index contributed by atoms with van der Waals surface area (Å²) in [5, 5.41) is 10.1. The molecule has 0 radical (unpaired) electrons. The van der Waals surface area contributed by atoms with Gasteiger partial charge in [-0.25, -0.2) is 4.79 Å². The molecule has 22 heavy (non-hydrogen) atoms. The highest BCUT2D eigenvalue weighted by Gasteiger charge is 2.11. The third-order valence-electron chi connectivity index (χ3n) is 3.14. The van der Waals surface area contributed by atoms with Crippen LogP contribution in [0, 0.1) is 0 Å². The average Bonchev–Trinajstić information content (AvgIpc) is 2.56. The van der Waals surface area contributed by atoms with Gasteiger partial charge in [-0.2, -0.15) is 0 Å². The van der Waals surface area contributed by atoms with Crippen molar-refractivity contribution in [3.05, 3.63) is 57.6 Å². The smallest absolute Gasteiger partial charge is 0.338 e. The molecule has 114 valence electrons. The molecule has 4 nitrogen and oxygen atoms in total. The predicted molar refractivity (Wildman–Crippen MR) is 89.1 cm³/mol. The Morgan fingerprint density at radius 2 is 1.77 bits per heavy atom. The lowest BCUT2D eigenvalue weighted by Crippen LogP contribution is -2.03. The number of benzene rings is 2. The van der Waals surface area contributed by atoms with Gasteiger partial charge in [-0.3, -0.25) is 0 Å². The maximum absolute atomic E-state index is 11.7. The Balaban J connectivity index is 2.38. The molecule has 0 fully saturated rings. The van der Waals surface area contributed by atoms with Gasteiger partial charge in [0.15, 0.2) is 0 Å². The zero-order chi connectivity index (χ0) is 16.1. The van der Waals surface area contributed by atoms with Gasteiger partial charge in [0, 0.05) is 5.56 Å². The zero-order valence-electron chi connectivity index (χ0n) is 12.2. The second-order valence-electron chi connectivity index (χ2n) is 4.43. The summed E-state index contributed by atoms with van der Waals surface area (Å²) in [5.74, 6) is 0.219. The second-order valence-corrected chi connectivity index (χ2v) is 5.22. The van der Waals surface area contributed by atoms with Crippen LogP contribution in [-0.4, -0.2) is 25.3 Å². The first kappa shape index (κ1) is 16.1. The molecule has 2 aromatic carbocycles. The van der Waals surface area contributed by atoms with Crippen LogP contribution >= 0.6 is 15.9 Å².